The van der Waals surface area contributed by atoms with Gasteiger partial charge in [-0.3, -0.25) is 4.98 Å². The van der Waals surface area contributed by atoms with Crippen molar-refractivity contribution in [1.29, 1.82) is 0 Å². The zero-order valence-corrected chi connectivity index (χ0v) is 12.6. The lowest BCUT2D eigenvalue weighted by atomic mass is 9.99. The van der Waals surface area contributed by atoms with Crippen LogP contribution in [0.15, 0.2) is 51.8 Å². The smallest absolute Gasteiger partial charge is 0.0704 e. The van der Waals surface area contributed by atoms with Crippen LogP contribution in [0.5, 0.6) is 0 Å². The third-order valence-corrected chi connectivity index (χ3v) is 4.72. The number of nitrogens with two attached hydrogens (primary N) is 1. The largest absolute Gasteiger partial charge is 0.324 e. The molecule has 0 saturated heterocycles. The summed E-state index contributed by atoms with van der Waals surface area (Å²) >= 11 is 5.15. The van der Waals surface area contributed by atoms with E-state index in [1.54, 1.807) is 11.3 Å². The maximum absolute atomic E-state index is 6.30. The Balaban J connectivity index is 1.93. The van der Waals surface area contributed by atoms with Crippen LogP contribution in [0.1, 0.15) is 17.2 Å². The van der Waals surface area contributed by atoms with Crippen molar-refractivity contribution in [3.05, 3.63) is 62.9 Å². The molecule has 1 unspecified atom stereocenters. The van der Waals surface area contributed by atoms with Crippen molar-refractivity contribution in [2.45, 2.75) is 12.5 Å². The van der Waals surface area contributed by atoms with Crippen molar-refractivity contribution in [1.82, 2.24) is 4.98 Å². The number of para-hydroxylation sites is 1. The quantitative estimate of drug-likeness (QED) is 0.776. The zero-order valence-electron chi connectivity index (χ0n) is 10.2. The lowest BCUT2D eigenvalue weighted by Gasteiger charge is -2.12. The molecule has 0 aliphatic rings. The van der Waals surface area contributed by atoms with Crippen LogP contribution in [0.25, 0.3) is 10.9 Å². The second-order valence-corrected chi connectivity index (χ2v) is 6.77. The first kappa shape index (κ1) is 12.8. The summed E-state index contributed by atoms with van der Waals surface area (Å²) in [6.07, 6.45) is 2.68. The molecule has 1 atom stereocenters. The van der Waals surface area contributed by atoms with Crippen LogP contribution >= 0.6 is 27.3 Å². The van der Waals surface area contributed by atoms with Gasteiger partial charge in [0.25, 0.3) is 0 Å². The van der Waals surface area contributed by atoms with Crippen LogP contribution in [0.2, 0.25) is 0 Å². The highest BCUT2D eigenvalue weighted by molar-refractivity contribution is 9.11. The SMILES string of the molecule is NC(Cc1ccnc2ccccc12)c1csc(Br)c1. The monoisotopic (exact) mass is 332 g/mol. The van der Waals surface area contributed by atoms with Gasteiger partial charge in [0.2, 0.25) is 0 Å². The summed E-state index contributed by atoms with van der Waals surface area (Å²) in [5, 5.41) is 3.30. The molecule has 0 radical (unpaired) electrons. The number of halogens is 1. The Kier molecular flexibility index (Phi) is 3.64. The van der Waals surface area contributed by atoms with E-state index in [9.17, 15) is 0 Å². The summed E-state index contributed by atoms with van der Waals surface area (Å²) < 4.78 is 1.12. The molecule has 2 N–H and O–H groups in total. The highest BCUT2D eigenvalue weighted by Gasteiger charge is 2.11. The number of hydrogen-bond acceptors (Lipinski definition) is 3. The van der Waals surface area contributed by atoms with E-state index in [2.05, 4.69) is 44.5 Å². The van der Waals surface area contributed by atoms with Gasteiger partial charge in [-0.25, -0.2) is 0 Å². The van der Waals surface area contributed by atoms with E-state index in [1.807, 2.05) is 24.4 Å². The maximum Gasteiger partial charge on any atom is 0.0704 e. The number of rotatable bonds is 3. The van der Waals surface area contributed by atoms with Gasteiger partial charge in [0.15, 0.2) is 0 Å². The average molecular weight is 333 g/mol. The van der Waals surface area contributed by atoms with E-state index in [4.69, 9.17) is 5.73 Å². The summed E-state index contributed by atoms with van der Waals surface area (Å²) in [6, 6.07) is 12.4. The molecular weight excluding hydrogens is 320 g/mol. The van der Waals surface area contributed by atoms with Crippen molar-refractivity contribution in [3.8, 4) is 0 Å². The highest BCUT2D eigenvalue weighted by Crippen LogP contribution is 2.27. The van der Waals surface area contributed by atoms with E-state index in [-0.39, 0.29) is 6.04 Å². The van der Waals surface area contributed by atoms with Gasteiger partial charge in [0.05, 0.1) is 9.30 Å². The molecular formula is C15H13BrN2S. The van der Waals surface area contributed by atoms with Crippen molar-refractivity contribution >= 4 is 38.2 Å². The number of hydrogen-bond donors (Lipinski definition) is 1. The van der Waals surface area contributed by atoms with E-state index in [1.165, 1.54) is 16.5 Å². The Hall–Kier alpha value is -1.23. The third-order valence-electron chi connectivity index (χ3n) is 3.20. The molecule has 0 spiro atoms. The minimum Gasteiger partial charge on any atom is -0.324 e. The summed E-state index contributed by atoms with van der Waals surface area (Å²) in [4.78, 5) is 4.38. The standard InChI is InChI=1S/C15H13BrN2S/c16-15-8-11(9-19-15)13(17)7-10-5-6-18-14-4-2-1-3-12(10)14/h1-6,8-9,13H,7,17H2. The lowest BCUT2D eigenvalue weighted by Crippen LogP contribution is -2.12. The molecule has 3 aromatic rings. The Morgan fingerprint density at radius 3 is 2.89 bits per heavy atom. The third kappa shape index (κ3) is 2.71. The van der Waals surface area contributed by atoms with Crippen LogP contribution in [-0.2, 0) is 6.42 Å². The second-order valence-electron chi connectivity index (χ2n) is 4.48. The number of pyridine rings is 1. The average Bonchev–Trinajstić information content (AvgIpc) is 2.86. The number of aromatic nitrogens is 1. The normalized spacial score (nSPS) is 12.7. The fourth-order valence-electron chi connectivity index (χ4n) is 2.21. The van der Waals surface area contributed by atoms with Gasteiger partial charge in [0, 0.05) is 17.6 Å². The molecule has 1 aromatic carbocycles. The molecule has 0 aliphatic heterocycles. The summed E-state index contributed by atoms with van der Waals surface area (Å²) in [7, 11) is 0. The summed E-state index contributed by atoms with van der Waals surface area (Å²) in [6.45, 7) is 0. The van der Waals surface area contributed by atoms with Gasteiger partial charge in [-0.2, -0.15) is 0 Å². The molecule has 2 heterocycles. The molecule has 3 rings (SSSR count). The van der Waals surface area contributed by atoms with Gasteiger partial charge in [0.1, 0.15) is 0 Å². The minimum atomic E-state index is 0.0216. The first-order valence-corrected chi connectivity index (χ1v) is 7.73. The molecule has 2 aromatic heterocycles. The molecule has 19 heavy (non-hydrogen) atoms. The fraction of sp³-hybridized carbons (Fsp3) is 0.133. The van der Waals surface area contributed by atoms with Gasteiger partial charge in [-0.1, -0.05) is 18.2 Å². The predicted molar refractivity (Wildman–Crippen MR) is 84.4 cm³/mol. The zero-order chi connectivity index (χ0) is 13.2. The van der Waals surface area contributed by atoms with Crippen LogP contribution in [0.4, 0.5) is 0 Å². The molecule has 0 aliphatic carbocycles. The van der Waals surface area contributed by atoms with E-state index >= 15 is 0 Å². The van der Waals surface area contributed by atoms with Gasteiger partial charge < -0.3 is 5.73 Å². The molecule has 0 fully saturated rings. The highest BCUT2D eigenvalue weighted by atomic mass is 79.9. The fourth-order valence-corrected chi connectivity index (χ4v) is 3.45. The second kappa shape index (κ2) is 5.41. The first-order valence-electron chi connectivity index (χ1n) is 6.06. The van der Waals surface area contributed by atoms with Gasteiger partial charge >= 0.3 is 0 Å². The molecule has 2 nitrogen and oxygen atoms in total. The van der Waals surface area contributed by atoms with Crippen LogP contribution in [0.3, 0.4) is 0 Å². The van der Waals surface area contributed by atoms with Crippen molar-refractivity contribution < 1.29 is 0 Å². The summed E-state index contributed by atoms with van der Waals surface area (Å²) in [5.41, 5.74) is 9.75. The minimum absolute atomic E-state index is 0.0216. The van der Waals surface area contributed by atoms with Gasteiger partial charge in [-0.15, -0.1) is 11.3 Å². The van der Waals surface area contributed by atoms with Crippen molar-refractivity contribution in [2.75, 3.05) is 0 Å². The lowest BCUT2D eigenvalue weighted by molar-refractivity contribution is 0.728. The van der Waals surface area contributed by atoms with Gasteiger partial charge in [-0.05, 0) is 57.1 Å². The maximum atomic E-state index is 6.30. The Morgan fingerprint density at radius 2 is 2.11 bits per heavy atom. The van der Waals surface area contributed by atoms with Crippen LogP contribution in [0, 0.1) is 0 Å². The molecule has 0 saturated carbocycles. The summed E-state index contributed by atoms with van der Waals surface area (Å²) in [5.74, 6) is 0. The first-order chi connectivity index (χ1) is 9.24. The molecule has 4 heteroatoms. The van der Waals surface area contributed by atoms with E-state index < -0.39 is 0 Å². The Bertz CT molecular complexity index is 703. The number of nitrogens with zero attached hydrogens (tertiary/aromatic N) is 1. The van der Waals surface area contributed by atoms with E-state index in [0.717, 1.165) is 15.7 Å². The van der Waals surface area contributed by atoms with Crippen LogP contribution in [-0.4, -0.2) is 4.98 Å². The predicted octanol–water partition coefficient (Wildman–Crippen LogP) is 4.30. The van der Waals surface area contributed by atoms with Crippen molar-refractivity contribution in [3.63, 3.8) is 0 Å². The van der Waals surface area contributed by atoms with E-state index in [0.29, 0.717) is 0 Å². The molecule has 0 amide bonds. The number of fused-ring (bicyclic) bond motifs is 1. The van der Waals surface area contributed by atoms with Crippen LogP contribution < -0.4 is 5.73 Å². The molecule has 96 valence electrons. The number of benzene rings is 1. The number of thiophene rings is 1. The Morgan fingerprint density at radius 1 is 1.26 bits per heavy atom. The topological polar surface area (TPSA) is 38.9 Å². The Labute approximate surface area is 124 Å². The van der Waals surface area contributed by atoms with Crippen molar-refractivity contribution in [2.24, 2.45) is 5.73 Å². The molecule has 0 bridgehead atoms.